The van der Waals surface area contributed by atoms with Gasteiger partial charge in [-0.1, -0.05) is 11.8 Å². The lowest BCUT2D eigenvalue weighted by molar-refractivity contribution is 0.983. The lowest BCUT2D eigenvalue weighted by atomic mass is 10.5. The van der Waals surface area contributed by atoms with Crippen molar-refractivity contribution >= 4 is 52.5 Å². The molecule has 1 unspecified atom stereocenters. The summed E-state index contributed by atoms with van der Waals surface area (Å²) in [6.45, 7) is 0. The zero-order valence-electron chi connectivity index (χ0n) is 6.59. The van der Waals surface area contributed by atoms with Crippen LogP contribution in [0.25, 0.3) is 0 Å². The zero-order valence-corrected chi connectivity index (χ0v) is 9.73. The second kappa shape index (κ2) is 4.80. The average molecular weight is 250 g/mol. The second-order valence-electron chi connectivity index (χ2n) is 2.53. The summed E-state index contributed by atoms with van der Waals surface area (Å²) < 4.78 is -0.485. The third kappa shape index (κ3) is 3.60. The first-order chi connectivity index (χ1) is 5.06. The normalized spacial score (nSPS) is 26.2. The van der Waals surface area contributed by atoms with Gasteiger partial charge in [0.15, 0.2) is 5.17 Å². The quantitative estimate of drug-likeness (QED) is 0.463. The summed E-state index contributed by atoms with van der Waals surface area (Å²) in [5.74, 6) is 1.26. The number of amidine groups is 1. The van der Waals surface area contributed by atoms with Crippen LogP contribution in [0.15, 0.2) is 4.99 Å². The van der Waals surface area contributed by atoms with E-state index >= 15 is 0 Å². The molecule has 2 N–H and O–H groups in total. The van der Waals surface area contributed by atoms with Crippen molar-refractivity contribution in [2.45, 2.75) is 10.8 Å². The third-order valence-electron chi connectivity index (χ3n) is 1.61. The Morgan fingerprint density at radius 1 is 1.75 bits per heavy atom. The van der Waals surface area contributed by atoms with Crippen LogP contribution in [0.1, 0.15) is 6.42 Å². The first-order valence-corrected chi connectivity index (χ1v) is 5.03. The molecule has 1 aliphatic carbocycles. The molecule has 0 amide bonds. The van der Waals surface area contributed by atoms with E-state index in [4.69, 9.17) is 28.9 Å². The fraction of sp³-hybridized carbons (Fsp3) is 0.833. The van der Waals surface area contributed by atoms with Gasteiger partial charge in [0.05, 0.1) is 0 Å². The fourth-order valence-corrected chi connectivity index (χ4v) is 2.31. The van der Waals surface area contributed by atoms with Crippen molar-refractivity contribution < 1.29 is 0 Å². The maximum atomic E-state index is 5.81. The van der Waals surface area contributed by atoms with Gasteiger partial charge in [0.25, 0.3) is 0 Å². The first kappa shape index (κ1) is 12.7. The van der Waals surface area contributed by atoms with E-state index in [0.29, 0.717) is 11.1 Å². The van der Waals surface area contributed by atoms with Crippen molar-refractivity contribution in [1.29, 1.82) is 0 Å². The molecule has 12 heavy (non-hydrogen) atoms. The van der Waals surface area contributed by atoms with Crippen LogP contribution >= 0.6 is 47.4 Å². The minimum Gasteiger partial charge on any atom is -0.379 e. The highest BCUT2D eigenvalue weighted by Gasteiger charge is 2.51. The van der Waals surface area contributed by atoms with Crippen molar-refractivity contribution in [1.82, 2.24) is 0 Å². The van der Waals surface area contributed by atoms with Gasteiger partial charge in [0.1, 0.15) is 4.33 Å². The summed E-state index contributed by atoms with van der Waals surface area (Å²) in [5, 5.41) is 0.598. The summed E-state index contributed by atoms with van der Waals surface area (Å²) in [7, 11) is 1.67. The molecule has 1 rings (SSSR count). The highest BCUT2D eigenvalue weighted by atomic mass is 35.5. The Hall–Kier alpha value is 0.690. The van der Waals surface area contributed by atoms with E-state index in [1.54, 1.807) is 7.05 Å². The van der Waals surface area contributed by atoms with Gasteiger partial charge in [-0.3, -0.25) is 4.99 Å². The standard InChI is InChI=1S/C6H10Cl2N2S.ClH/c1-10-5(9)11-3-4-2-6(4,7)8;/h4H,2-3H2,1H3,(H2,9,10);1H. The molecule has 0 saturated heterocycles. The highest BCUT2D eigenvalue weighted by molar-refractivity contribution is 8.13. The summed E-state index contributed by atoms with van der Waals surface area (Å²) in [6, 6.07) is 0. The Bertz CT molecular complexity index is 184. The van der Waals surface area contributed by atoms with Crippen LogP contribution in [0.5, 0.6) is 0 Å². The lowest BCUT2D eigenvalue weighted by Gasteiger charge is -1.98. The van der Waals surface area contributed by atoms with Crippen LogP contribution in [0.2, 0.25) is 0 Å². The monoisotopic (exact) mass is 248 g/mol. The Morgan fingerprint density at radius 3 is 2.58 bits per heavy atom. The predicted molar refractivity (Wildman–Crippen MR) is 59.8 cm³/mol. The van der Waals surface area contributed by atoms with E-state index in [0.717, 1.165) is 12.2 Å². The average Bonchev–Trinajstić information content (AvgIpc) is 2.54. The van der Waals surface area contributed by atoms with Gasteiger partial charge in [0.2, 0.25) is 0 Å². The molecule has 0 aromatic heterocycles. The Balaban J connectivity index is 0.00000121. The molecule has 0 aromatic carbocycles. The molecule has 0 spiro atoms. The van der Waals surface area contributed by atoms with Gasteiger partial charge >= 0.3 is 0 Å². The van der Waals surface area contributed by atoms with Gasteiger partial charge in [-0.25, -0.2) is 0 Å². The first-order valence-electron chi connectivity index (χ1n) is 3.29. The number of hydrogen-bond donors (Lipinski definition) is 1. The van der Waals surface area contributed by atoms with E-state index in [1.807, 2.05) is 0 Å². The molecule has 1 saturated carbocycles. The van der Waals surface area contributed by atoms with Crippen molar-refractivity contribution in [2.24, 2.45) is 16.6 Å². The maximum Gasteiger partial charge on any atom is 0.153 e. The maximum absolute atomic E-state index is 5.81. The minimum atomic E-state index is -0.485. The van der Waals surface area contributed by atoms with Crippen LogP contribution < -0.4 is 5.73 Å². The Morgan fingerprint density at radius 2 is 2.25 bits per heavy atom. The SMILES string of the molecule is CN=C(N)SCC1CC1(Cl)Cl.Cl. The molecular weight excluding hydrogens is 239 g/mol. The predicted octanol–water partition coefficient (Wildman–Crippen LogP) is 2.28. The van der Waals surface area contributed by atoms with Crippen molar-refractivity contribution in [3.63, 3.8) is 0 Å². The largest absolute Gasteiger partial charge is 0.379 e. The second-order valence-corrected chi connectivity index (χ2v) is 5.12. The van der Waals surface area contributed by atoms with Crippen LogP contribution in [-0.4, -0.2) is 22.3 Å². The molecule has 0 radical (unpaired) electrons. The molecule has 6 heteroatoms. The molecule has 0 heterocycles. The van der Waals surface area contributed by atoms with Crippen molar-refractivity contribution in [2.75, 3.05) is 12.8 Å². The number of aliphatic imine (C=N–C) groups is 1. The summed E-state index contributed by atoms with van der Waals surface area (Å²) in [5.41, 5.74) is 5.46. The number of nitrogens with two attached hydrogens (primary N) is 1. The zero-order chi connectivity index (χ0) is 8.48. The number of halogens is 3. The van der Waals surface area contributed by atoms with E-state index in [9.17, 15) is 0 Å². The van der Waals surface area contributed by atoms with Gasteiger partial charge < -0.3 is 5.73 Å². The molecular formula is C6H11Cl3N2S. The van der Waals surface area contributed by atoms with E-state index in [-0.39, 0.29) is 12.4 Å². The van der Waals surface area contributed by atoms with Gasteiger partial charge in [0, 0.05) is 18.7 Å². The molecule has 0 bridgehead atoms. The number of nitrogens with zero attached hydrogens (tertiary/aromatic N) is 1. The van der Waals surface area contributed by atoms with E-state index < -0.39 is 4.33 Å². The van der Waals surface area contributed by atoms with Crippen LogP contribution in [0, 0.1) is 5.92 Å². The molecule has 0 aliphatic heterocycles. The number of alkyl halides is 2. The third-order valence-corrected chi connectivity index (χ3v) is 3.58. The van der Waals surface area contributed by atoms with E-state index in [2.05, 4.69) is 4.99 Å². The Kier molecular flexibility index (Phi) is 5.07. The van der Waals surface area contributed by atoms with Crippen molar-refractivity contribution in [3.8, 4) is 0 Å². The molecule has 0 aromatic rings. The summed E-state index contributed by atoms with van der Waals surface area (Å²) in [6.07, 6.45) is 0.875. The number of rotatable bonds is 2. The van der Waals surface area contributed by atoms with Crippen LogP contribution in [-0.2, 0) is 0 Å². The summed E-state index contributed by atoms with van der Waals surface area (Å²) in [4.78, 5) is 3.81. The van der Waals surface area contributed by atoms with Crippen LogP contribution in [0.3, 0.4) is 0 Å². The molecule has 1 fully saturated rings. The Labute approximate surface area is 92.7 Å². The van der Waals surface area contributed by atoms with Crippen LogP contribution in [0.4, 0.5) is 0 Å². The summed E-state index contributed by atoms with van der Waals surface area (Å²) >= 11 is 13.1. The highest BCUT2D eigenvalue weighted by Crippen LogP contribution is 2.54. The smallest absolute Gasteiger partial charge is 0.153 e. The number of hydrogen-bond acceptors (Lipinski definition) is 2. The topological polar surface area (TPSA) is 38.4 Å². The van der Waals surface area contributed by atoms with Crippen molar-refractivity contribution in [3.05, 3.63) is 0 Å². The lowest BCUT2D eigenvalue weighted by Crippen LogP contribution is -2.08. The fourth-order valence-electron chi connectivity index (χ4n) is 0.701. The number of thioether (sulfide) groups is 1. The molecule has 2 nitrogen and oxygen atoms in total. The molecule has 72 valence electrons. The molecule has 1 aliphatic rings. The van der Waals surface area contributed by atoms with Gasteiger partial charge in [-0.05, 0) is 6.42 Å². The minimum absolute atomic E-state index is 0. The molecule has 1 atom stereocenters. The van der Waals surface area contributed by atoms with E-state index in [1.165, 1.54) is 11.8 Å². The van der Waals surface area contributed by atoms with Gasteiger partial charge in [-0.2, -0.15) is 0 Å². The van der Waals surface area contributed by atoms with Gasteiger partial charge in [-0.15, -0.1) is 35.6 Å².